The van der Waals surface area contributed by atoms with E-state index in [4.69, 9.17) is 4.74 Å². The quantitative estimate of drug-likeness (QED) is 0.414. The van der Waals surface area contributed by atoms with E-state index in [-0.39, 0.29) is 40.0 Å². The molecule has 0 amide bonds. The van der Waals surface area contributed by atoms with Crippen molar-refractivity contribution < 1.29 is 31.8 Å². The molecule has 0 spiro atoms. The van der Waals surface area contributed by atoms with Gasteiger partial charge in [0.25, 0.3) is 5.56 Å². The van der Waals surface area contributed by atoms with Crippen LogP contribution in [0.4, 0.5) is 17.6 Å². The molecule has 6 nitrogen and oxygen atoms in total. The number of halogens is 4. The van der Waals surface area contributed by atoms with Crippen LogP contribution in [0, 0.1) is 12.7 Å². The van der Waals surface area contributed by atoms with E-state index in [0.29, 0.717) is 0 Å². The smallest absolute Gasteiger partial charge is 0.416 e. The molecule has 1 atom stereocenters. The third-order valence-corrected chi connectivity index (χ3v) is 5.12. The number of hydrogen-bond donors (Lipinski definition) is 0. The van der Waals surface area contributed by atoms with Crippen LogP contribution in [0.2, 0.25) is 0 Å². The highest BCUT2D eigenvalue weighted by Gasteiger charge is 2.37. The zero-order valence-electron chi connectivity index (χ0n) is 17.7. The molecule has 0 unspecified atom stereocenters. The lowest BCUT2D eigenvalue weighted by atomic mass is 9.97. The largest absolute Gasteiger partial charge is 0.483 e. The second-order valence-corrected chi connectivity index (χ2v) is 7.13. The van der Waals surface area contributed by atoms with Crippen LogP contribution in [0.5, 0.6) is 5.75 Å². The molecule has 0 aliphatic heterocycles. The zero-order valence-corrected chi connectivity index (χ0v) is 17.7. The number of nitrogens with zero attached hydrogens (tertiary/aromatic N) is 2. The van der Waals surface area contributed by atoms with E-state index in [1.807, 2.05) is 0 Å². The molecule has 0 radical (unpaired) electrons. The number of esters is 1. The number of aryl methyl sites for hydroxylation is 1. The number of fused-ring (bicyclic) bond motifs is 1. The number of rotatable bonds is 5. The van der Waals surface area contributed by atoms with Gasteiger partial charge < -0.3 is 9.47 Å². The summed E-state index contributed by atoms with van der Waals surface area (Å²) < 4.78 is 67.4. The maximum atomic E-state index is 14.5. The molecule has 32 heavy (non-hydrogen) atoms. The highest BCUT2D eigenvalue weighted by Crippen LogP contribution is 2.39. The Morgan fingerprint density at radius 1 is 1.22 bits per heavy atom. The molecule has 0 aliphatic carbocycles. The fraction of sp³-hybridized carbons (Fsp3) is 0.318. The molecule has 0 bridgehead atoms. The Bertz CT molecular complexity index is 1250. The number of carbonyl (C=O) groups excluding carboxylic acids is 1. The molecule has 3 rings (SSSR count). The van der Waals surface area contributed by atoms with Crippen LogP contribution in [0.1, 0.15) is 46.8 Å². The molecule has 1 aromatic heterocycles. The fourth-order valence-corrected chi connectivity index (χ4v) is 3.32. The molecule has 0 aliphatic rings. The fourth-order valence-electron chi connectivity index (χ4n) is 3.32. The predicted molar refractivity (Wildman–Crippen MR) is 108 cm³/mol. The molecule has 1 heterocycles. The van der Waals surface area contributed by atoms with Crippen molar-refractivity contribution in [1.82, 2.24) is 9.55 Å². The Morgan fingerprint density at radius 2 is 1.91 bits per heavy atom. The minimum Gasteiger partial charge on any atom is -0.483 e. The van der Waals surface area contributed by atoms with E-state index >= 15 is 0 Å². The maximum Gasteiger partial charge on any atom is 0.416 e. The summed E-state index contributed by atoms with van der Waals surface area (Å²) in [5.41, 5.74) is -2.01. The minimum absolute atomic E-state index is 0.00957. The summed E-state index contributed by atoms with van der Waals surface area (Å²) in [4.78, 5) is 28.2. The van der Waals surface area contributed by atoms with Crippen LogP contribution in [-0.4, -0.2) is 22.6 Å². The lowest BCUT2D eigenvalue weighted by Crippen LogP contribution is -2.23. The summed E-state index contributed by atoms with van der Waals surface area (Å²) in [5.74, 6) is -1.78. The van der Waals surface area contributed by atoms with Gasteiger partial charge in [0.1, 0.15) is 11.9 Å². The van der Waals surface area contributed by atoms with Gasteiger partial charge in [0.15, 0.2) is 11.6 Å². The first-order valence-corrected chi connectivity index (χ1v) is 9.60. The molecule has 0 saturated heterocycles. The molecule has 0 fully saturated rings. The van der Waals surface area contributed by atoms with Crippen molar-refractivity contribution in [3.8, 4) is 5.75 Å². The Balaban J connectivity index is 2.15. The first-order valence-electron chi connectivity index (χ1n) is 9.60. The van der Waals surface area contributed by atoms with Crippen LogP contribution >= 0.6 is 0 Å². The molecular formula is C22H20F4N2O4. The van der Waals surface area contributed by atoms with E-state index < -0.39 is 35.2 Å². The number of benzene rings is 2. The normalized spacial score (nSPS) is 12.6. The summed E-state index contributed by atoms with van der Waals surface area (Å²) in [6, 6.07) is 5.16. The van der Waals surface area contributed by atoms with Gasteiger partial charge in [-0.25, -0.2) is 14.2 Å². The molecule has 3 aromatic rings. The third-order valence-electron chi connectivity index (χ3n) is 5.12. The summed E-state index contributed by atoms with van der Waals surface area (Å²) in [6.45, 7) is 3.09. The Hall–Kier alpha value is -3.43. The van der Waals surface area contributed by atoms with Crippen molar-refractivity contribution in [2.24, 2.45) is 7.05 Å². The average Bonchev–Trinajstić information content (AvgIpc) is 2.75. The number of carbonyl (C=O) groups is 1. The molecule has 170 valence electrons. The highest BCUT2D eigenvalue weighted by atomic mass is 19.4. The van der Waals surface area contributed by atoms with Gasteiger partial charge in [-0.1, -0.05) is 6.92 Å². The SMILES string of the molecule is CC[C@H](Oc1ccc(C(=O)OC)cc1F)c1cc2c(=O)n(C)c(C)nc2cc1C(F)(F)F. The van der Waals surface area contributed by atoms with Gasteiger partial charge in [0.2, 0.25) is 0 Å². The first kappa shape index (κ1) is 23.2. The van der Waals surface area contributed by atoms with E-state index in [0.717, 1.165) is 31.4 Å². The lowest BCUT2D eigenvalue weighted by Gasteiger charge is -2.23. The number of hydrogen-bond acceptors (Lipinski definition) is 5. The zero-order chi connectivity index (χ0) is 23.8. The van der Waals surface area contributed by atoms with E-state index in [1.54, 1.807) is 6.92 Å². The van der Waals surface area contributed by atoms with Crippen LogP contribution < -0.4 is 10.3 Å². The predicted octanol–water partition coefficient (Wildman–Crippen LogP) is 4.72. The van der Waals surface area contributed by atoms with Gasteiger partial charge >= 0.3 is 12.1 Å². The molecule has 0 saturated carbocycles. The van der Waals surface area contributed by atoms with E-state index in [9.17, 15) is 27.2 Å². The average molecular weight is 452 g/mol. The van der Waals surface area contributed by atoms with Gasteiger partial charge in [-0.2, -0.15) is 13.2 Å². The lowest BCUT2D eigenvalue weighted by molar-refractivity contribution is -0.139. The van der Waals surface area contributed by atoms with Crippen LogP contribution in [-0.2, 0) is 18.0 Å². The summed E-state index contributed by atoms with van der Waals surface area (Å²) >= 11 is 0. The summed E-state index contributed by atoms with van der Waals surface area (Å²) in [6.07, 6.45) is -5.93. The third kappa shape index (κ3) is 4.30. The minimum atomic E-state index is -4.76. The van der Waals surface area contributed by atoms with Crippen LogP contribution in [0.15, 0.2) is 35.1 Å². The van der Waals surface area contributed by atoms with Crippen molar-refractivity contribution >= 4 is 16.9 Å². The number of methoxy groups -OCH3 is 1. The Labute approximate surface area is 180 Å². The van der Waals surface area contributed by atoms with E-state index in [2.05, 4.69) is 9.72 Å². The maximum absolute atomic E-state index is 14.5. The number of alkyl halides is 3. The monoisotopic (exact) mass is 452 g/mol. The van der Waals surface area contributed by atoms with Crippen molar-refractivity contribution in [2.45, 2.75) is 32.5 Å². The molecule has 10 heteroatoms. The van der Waals surface area contributed by atoms with Crippen LogP contribution in [0.3, 0.4) is 0 Å². The van der Waals surface area contributed by atoms with Crippen molar-refractivity contribution in [2.75, 3.05) is 7.11 Å². The number of aromatic nitrogens is 2. The summed E-state index contributed by atoms with van der Waals surface area (Å²) in [7, 11) is 2.60. The topological polar surface area (TPSA) is 70.4 Å². The Morgan fingerprint density at radius 3 is 2.47 bits per heavy atom. The molecule has 0 N–H and O–H groups in total. The van der Waals surface area contributed by atoms with Gasteiger partial charge in [0, 0.05) is 12.6 Å². The highest BCUT2D eigenvalue weighted by molar-refractivity contribution is 5.89. The standard InChI is InChI=1S/C22H20F4N2O4/c1-5-18(32-19-7-6-12(8-16(19)23)21(30)31-4)13-9-14-17(10-15(13)22(24,25)26)27-11(2)28(3)20(14)29/h6-10,18H,5H2,1-4H3/t18-/m0/s1. The van der Waals surface area contributed by atoms with Crippen molar-refractivity contribution in [1.29, 1.82) is 0 Å². The first-order chi connectivity index (χ1) is 15.0. The molecule has 2 aromatic carbocycles. The summed E-state index contributed by atoms with van der Waals surface area (Å²) in [5, 5.41) is -0.00957. The van der Waals surface area contributed by atoms with Gasteiger partial charge in [-0.05, 0) is 43.7 Å². The second kappa shape index (κ2) is 8.60. The van der Waals surface area contributed by atoms with Crippen molar-refractivity contribution in [3.63, 3.8) is 0 Å². The number of ether oxygens (including phenoxy) is 2. The van der Waals surface area contributed by atoms with Crippen molar-refractivity contribution in [3.05, 3.63) is 69.0 Å². The van der Waals surface area contributed by atoms with Gasteiger partial charge in [0.05, 0.1) is 29.1 Å². The Kier molecular flexibility index (Phi) is 6.25. The molecular weight excluding hydrogens is 432 g/mol. The van der Waals surface area contributed by atoms with Gasteiger partial charge in [-0.3, -0.25) is 9.36 Å². The van der Waals surface area contributed by atoms with Gasteiger partial charge in [-0.15, -0.1) is 0 Å². The van der Waals surface area contributed by atoms with E-state index in [1.165, 1.54) is 24.6 Å². The second-order valence-electron chi connectivity index (χ2n) is 7.13. The van der Waals surface area contributed by atoms with Crippen LogP contribution in [0.25, 0.3) is 10.9 Å².